The largest absolute Gasteiger partial charge is 0.508 e. The highest BCUT2D eigenvalue weighted by molar-refractivity contribution is 5.42. The monoisotopic (exact) mass is 294 g/mol. The van der Waals surface area contributed by atoms with Crippen molar-refractivity contribution in [2.75, 3.05) is 7.11 Å². The lowest BCUT2D eigenvalue weighted by molar-refractivity contribution is 0.410. The molecule has 2 aromatic rings. The van der Waals surface area contributed by atoms with E-state index in [4.69, 9.17) is 4.74 Å². The number of phenols is 1. The highest BCUT2D eigenvalue weighted by Crippen LogP contribution is 2.24. The van der Waals surface area contributed by atoms with Crippen LogP contribution < -0.4 is 4.74 Å². The molecule has 0 amide bonds. The second-order valence-electron chi connectivity index (χ2n) is 5.27. The predicted octanol–water partition coefficient (Wildman–Crippen LogP) is 4.45. The first kappa shape index (κ1) is 15.9. The molecule has 0 saturated heterocycles. The molecule has 0 aromatic heterocycles. The summed E-state index contributed by atoms with van der Waals surface area (Å²) in [7, 11) is 1.68. The van der Waals surface area contributed by atoms with E-state index in [9.17, 15) is 5.11 Å². The molecule has 114 valence electrons. The molecule has 0 saturated carbocycles. The molecule has 0 fully saturated rings. The topological polar surface area (TPSA) is 29.5 Å². The van der Waals surface area contributed by atoms with E-state index in [-0.39, 0.29) is 0 Å². The van der Waals surface area contributed by atoms with Gasteiger partial charge < -0.3 is 9.84 Å². The van der Waals surface area contributed by atoms with Crippen molar-refractivity contribution in [3.8, 4) is 11.5 Å². The third-order valence-corrected chi connectivity index (χ3v) is 3.63. The smallest absolute Gasteiger partial charge is 0.122 e. The van der Waals surface area contributed by atoms with E-state index >= 15 is 0 Å². The van der Waals surface area contributed by atoms with E-state index in [2.05, 4.69) is 25.3 Å². The first-order valence-electron chi connectivity index (χ1n) is 7.36. The summed E-state index contributed by atoms with van der Waals surface area (Å²) in [5.74, 6) is 1.22. The van der Waals surface area contributed by atoms with Crippen LogP contribution in [-0.2, 0) is 19.3 Å². The molecule has 0 unspecified atom stereocenters. The van der Waals surface area contributed by atoms with Crippen LogP contribution in [0.2, 0.25) is 0 Å². The van der Waals surface area contributed by atoms with Crippen molar-refractivity contribution in [1.29, 1.82) is 0 Å². The van der Waals surface area contributed by atoms with Gasteiger partial charge in [0.25, 0.3) is 0 Å². The Balaban J connectivity index is 2.26. The van der Waals surface area contributed by atoms with E-state index in [1.165, 1.54) is 11.1 Å². The lowest BCUT2D eigenvalue weighted by Gasteiger charge is -2.11. The normalized spacial score (nSPS) is 10.2. The van der Waals surface area contributed by atoms with Gasteiger partial charge in [0.2, 0.25) is 0 Å². The van der Waals surface area contributed by atoms with E-state index in [0.29, 0.717) is 12.2 Å². The lowest BCUT2D eigenvalue weighted by Crippen LogP contribution is -1.95. The van der Waals surface area contributed by atoms with Crippen molar-refractivity contribution in [1.82, 2.24) is 0 Å². The fourth-order valence-electron chi connectivity index (χ4n) is 2.56. The van der Waals surface area contributed by atoms with Crippen LogP contribution in [0.3, 0.4) is 0 Å². The molecule has 0 bridgehead atoms. The van der Waals surface area contributed by atoms with Crippen LogP contribution in [0.15, 0.2) is 61.7 Å². The first-order chi connectivity index (χ1) is 10.7. The molecule has 0 aliphatic heterocycles. The molecule has 0 spiro atoms. The summed E-state index contributed by atoms with van der Waals surface area (Å²) in [5, 5.41) is 9.84. The van der Waals surface area contributed by atoms with E-state index in [1.54, 1.807) is 19.3 Å². The van der Waals surface area contributed by atoms with E-state index in [0.717, 1.165) is 29.7 Å². The van der Waals surface area contributed by atoms with E-state index < -0.39 is 0 Å². The third kappa shape index (κ3) is 3.79. The lowest BCUT2D eigenvalue weighted by atomic mass is 9.98. The van der Waals surface area contributed by atoms with Crippen molar-refractivity contribution < 1.29 is 9.84 Å². The summed E-state index contributed by atoms with van der Waals surface area (Å²) in [5.41, 5.74) is 4.43. The Kier molecular flexibility index (Phi) is 5.42. The molecular formula is C20H22O2. The molecule has 0 radical (unpaired) electrons. The van der Waals surface area contributed by atoms with Crippen molar-refractivity contribution in [3.63, 3.8) is 0 Å². The standard InChI is InChI=1S/C20H22O2/c1-4-6-17-13-15(8-10-19(17)21)12-16-9-11-20(22-3)18(14-16)7-5-2/h4-5,8-11,13-14,21H,1-2,6-7,12H2,3H3. The van der Waals surface area contributed by atoms with Crippen LogP contribution >= 0.6 is 0 Å². The number of hydrogen-bond acceptors (Lipinski definition) is 2. The van der Waals surface area contributed by atoms with Gasteiger partial charge in [-0.25, -0.2) is 0 Å². The molecule has 0 aliphatic rings. The maximum Gasteiger partial charge on any atom is 0.122 e. The third-order valence-electron chi connectivity index (χ3n) is 3.63. The summed E-state index contributed by atoms with van der Waals surface area (Å²) in [6.07, 6.45) is 5.95. The molecular weight excluding hydrogens is 272 g/mol. The van der Waals surface area contributed by atoms with Crippen LogP contribution in [0, 0.1) is 0 Å². The summed E-state index contributed by atoms with van der Waals surface area (Å²) in [6.45, 7) is 7.52. The molecule has 0 atom stereocenters. The number of aromatic hydroxyl groups is 1. The zero-order valence-corrected chi connectivity index (χ0v) is 13.0. The van der Waals surface area contributed by atoms with Crippen LogP contribution in [-0.4, -0.2) is 12.2 Å². The fraction of sp³-hybridized carbons (Fsp3) is 0.200. The highest BCUT2D eigenvalue weighted by atomic mass is 16.5. The zero-order chi connectivity index (χ0) is 15.9. The minimum absolute atomic E-state index is 0.325. The molecule has 2 heteroatoms. The summed E-state index contributed by atoms with van der Waals surface area (Å²) >= 11 is 0. The Bertz CT molecular complexity index is 671. The summed E-state index contributed by atoms with van der Waals surface area (Å²) in [4.78, 5) is 0. The van der Waals surface area contributed by atoms with Crippen molar-refractivity contribution >= 4 is 0 Å². The second kappa shape index (κ2) is 7.51. The predicted molar refractivity (Wildman–Crippen MR) is 91.7 cm³/mol. The highest BCUT2D eigenvalue weighted by Gasteiger charge is 2.06. The zero-order valence-electron chi connectivity index (χ0n) is 13.0. The molecule has 0 heterocycles. The minimum Gasteiger partial charge on any atom is -0.508 e. The van der Waals surface area contributed by atoms with Gasteiger partial charge in [-0.3, -0.25) is 0 Å². The molecule has 22 heavy (non-hydrogen) atoms. The van der Waals surface area contributed by atoms with Gasteiger partial charge in [0.05, 0.1) is 7.11 Å². The number of hydrogen-bond donors (Lipinski definition) is 1. The van der Waals surface area contributed by atoms with Gasteiger partial charge in [0.1, 0.15) is 11.5 Å². The number of rotatable bonds is 7. The van der Waals surface area contributed by atoms with Gasteiger partial charge in [-0.2, -0.15) is 0 Å². The Hall–Kier alpha value is -2.48. The quantitative estimate of drug-likeness (QED) is 0.765. The van der Waals surface area contributed by atoms with Crippen LogP contribution in [0.25, 0.3) is 0 Å². The Labute approximate surface area is 132 Å². The molecule has 2 aromatic carbocycles. The second-order valence-corrected chi connectivity index (χ2v) is 5.27. The van der Waals surface area contributed by atoms with Gasteiger partial charge >= 0.3 is 0 Å². The fourth-order valence-corrected chi connectivity index (χ4v) is 2.56. The number of ether oxygens (including phenoxy) is 1. The van der Waals surface area contributed by atoms with Crippen LogP contribution in [0.1, 0.15) is 22.3 Å². The van der Waals surface area contributed by atoms with Crippen molar-refractivity contribution in [2.24, 2.45) is 0 Å². The van der Waals surface area contributed by atoms with Gasteiger partial charge in [-0.05, 0) is 53.6 Å². The van der Waals surface area contributed by atoms with E-state index in [1.807, 2.05) is 24.3 Å². The van der Waals surface area contributed by atoms with Crippen molar-refractivity contribution in [3.05, 3.63) is 84.0 Å². The molecule has 2 rings (SSSR count). The van der Waals surface area contributed by atoms with Crippen LogP contribution in [0.5, 0.6) is 11.5 Å². The minimum atomic E-state index is 0.325. The summed E-state index contributed by atoms with van der Waals surface area (Å²) in [6, 6.07) is 12.0. The Morgan fingerprint density at radius 2 is 1.55 bits per heavy atom. The van der Waals surface area contributed by atoms with Gasteiger partial charge in [-0.1, -0.05) is 36.4 Å². The SMILES string of the molecule is C=CCc1cc(Cc2ccc(OC)c(CC=C)c2)ccc1O. The molecule has 1 N–H and O–H groups in total. The van der Waals surface area contributed by atoms with Crippen molar-refractivity contribution in [2.45, 2.75) is 19.3 Å². The number of benzene rings is 2. The van der Waals surface area contributed by atoms with Gasteiger partial charge in [0.15, 0.2) is 0 Å². The van der Waals surface area contributed by atoms with Gasteiger partial charge in [-0.15, -0.1) is 13.2 Å². The Morgan fingerprint density at radius 1 is 0.955 bits per heavy atom. The maximum atomic E-state index is 9.84. The first-order valence-corrected chi connectivity index (χ1v) is 7.36. The Morgan fingerprint density at radius 3 is 2.18 bits per heavy atom. The number of allylic oxidation sites excluding steroid dienone is 2. The number of phenolic OH excluding ortho intramolecular Hbond substituents is 1. The maximum absolute atomic E-state index is 9.84. The summed E-state index contributed by atoms with van der Waals surface area (Å²) < 4.78 is 5.38. The molecule has 2 nitrogen and oxygen atoms in total. The average Bonchev–Trinajstić information content (AvgIpc) is 2.51. The molecule has 0 aliphatic carbocycles. The average molecular weight is 294 g/mol. The van der Waals surface area contributed by atoms with Gasteiger partial charge in [0, 0.05) is 0 Å². The van der Waals surface area contributed by atoms with Crippen LogP contribution in [0.4, 0.5) is 0 Å². The number of methoxy groups -OCH3 is 1.